The van der Waals surface area contributed by atoms with Crippen LogP contribution in [0.5, 0.6) is 0 Å². The molecule has 1 atom stereocenters. The average molecular weight is 216 g/mol. The third-order valence-electron chi connectivity index (χ3n) is 2.83. The largest absolute Gasteiger partial charge is 0.375 e. The van der Waals surface area contributed by atoms with Crippen molar-refractivity contribution in [3.8, 4) is 6.07 Å². The van der Waals surface area contributed by atoms with Crippen molar-refractivity contribution in [3.63, 3.8) is 0 Å². The van der Waals surface area contributed by atoms with Crippen molar-refractivity contribution in [3.05, 3.63) is 35.4 Å². The average Bonchev–Trinajstić information content (AvgIpc) is 2.83. The maximum atomic E-state index is 8.66. The first-order valence-electron chi connectivity index (χ1n) is 5.68. The second kappa shape index (κ2) is 5.64. The molecule has 1 aliphatic heterocycles. The zero-order valence-electron chi connectivity index (χ0n) is 9.28. The van der Waals surface area contributed by atoms with Gasteiger partial charge < -0.3 is 10.1 Å². The molecule has 3 heteroatoms. The number of hydrogen-bond donors (Lipinski definition) is 1. The van der Waals surface area contributed by atoms with Gasteiger partial charge in [0.05, 0.1) is 24.8 Å². The third kappa shape index (κ3) is 3.06. The fourth-order valence-electron chi connectivity index (χ4n) is 1.89. The van der Waals surface area contributed by atoms with E-state index in [0.29, 0.717) is 18.2 Å². The first-order chi connectivity index (χ1) is 7.88. The first-order valence-corrected chi connectivity index (χ1v) is 5.68. The Hall–Kier alpha value is -1.37. The quantitative estimate of drug-likeness (QED) is 0.835. The Bertz CT molecular complexity index is 361. The number of nitrogens with one attached hydrogen (secondary N) is 1. The molecule has 0 bridgehead atoms. The molecular weight excluding hydrogens is 200 g/mol. The SMILES string of the molecule is N#Cc1ccc(COCC2CCCN2)cc1. The van der Waals surface area contributed by atoms with Crippen LogP contribution < -0.4 is 5.32 Å². The predicted octanol–water partition coefficient (Wildman–Crippen LogP) is 1.83. The van der Waals surface area contributed by atoms with Gasteiger partial charge in [-0.05, 0) is 37.1 Å². The first kappa shape index (κ1) is 11.1. The number of hydrogen-bond acceptors (Lipinski definition) is 3. The van der Waals surface area contributed by atoms with Crippen LogP contribution in [-0.4, -0.2) is 19.2 Å². The highest BCUT2D eigenvalue weighted by atomic mass is 16.5. The van der Waals surface area contributed by atoms with E-state index in [0.717, 1.165) is 18.7 Å². The summed E-state index contributed by atoms with van der Waals surface area (Å²) in [5.41, 5.74) is 1.82. The van der Waals surface area contributed by atoms with Crippen LogP contribution in [0.25, 0.3) is 0 Å². The molecule has 2 rings (SSSR count). The molecule has 16 heavy (non-hydrogen) atoms. The van der Waals surface area contributed by atoms with Gasteiger partial charge in [0.1, 0.15) is 0 Å². The van der Waals surface area contributed by atoms with Gasteiger partial charge in [-0.15, -0.1) is 0 Å². The fraction of sp³-hybridized carbons (Fsp3) is 0.462. The molecule has 0 aliphatic carbocycles. The highest BCUT2D eigenvalue weighted by Gasteiger charge is 2.13. The van der Waals surface area contributed by atoms with Gasteiger partial charge in [0.25, 0.3) is 0 Å². The molecule has 1 N–H and O–H groups in total. The molecular formula is C13H16N2O. The molecule has 1 aromatic rings. The number of rotatable bonds is 4. The normalized spacial score (nSPS) is 19.6. The minimum atomic E-state index is 0.526. The van der Waals surface area contributed by atoms with Gasteiger partial charge in [-0.25, -0.2) is 0 Å². The maximum absolute atomic E-state index is 8.66. The van der Waals surface area contributed by atoms with E-state index in [2.05, 4.69) is 11.4 Å². The van der Waals surface area contributed by atoms with Crippen molar-refractivity contribution in [1.82, 2.24) is 5.32 Å². The molecule has 0 saturated carbocycles. The lowest BCUT2D eigenvalue weighted by Gasteiger charge is -2.10. The monoisotopic (exact) mass is 216 g/mol. The van der Waals surface area contributed by atoms with Crippen molar-refractivity contribution < 1.29 is 4.74 Å². The van der Waals surface area contributed by atoms with Crippen molar-refractivity contribution in [1.29, 1.82) is 5.26 Å². The van der Waals surface area contributed by atoms with Crippen molar-refractivity contribution in [2.75, 3.05) is 13.2 Å². The fourth-order valence-corrected chi connectivity index (χ4v) is 1.89. The minimum absolute atomic E-state index is 0.526. The topological polar surface area (TPSA) is 45.0 Å². The second-order valence-electron chi connectivity index (χ2n) is 4.12. The van der Waals surface area contributed by atoms with E-state index in [1.165, 1.54) is 12.8 Å². The number of ether oxygens (including phenoxy) is 1. The number of nitriles is 1. The summed E-state index contributed by atoms with van der Waals surface area (Å²) in [4.78, 5) is 0. The van der Waals surface area contributed by atoms with Crippen LogP contribution in [0.3, 0.4) is 0 Å². The van der Waals surface area contributed by atoms with Gasteiger partial charge >= 0.3 is 0 Å². The highest BCUT2D eigenvalue weighted by Crippen LogP contribution is 2.08. The van der Waals surface area contributed by atoms with E-state index in [-0.39, 0.29) is 0 Å². The lowest BCUT2D eigenvalue weighted by Crippen LogP contribution is -2.26. The predicted molar refractivity (Wildman–Crippen MR) is 61.8 cm³/mol. The Balaban J connectivity index is 1.74. The molecule has 0 amide bonds. The standard InChI is InChI=1S/C13H16N2O/c14-8-11-3-5-12(6-4-11)9-16-10-13-2-1-7-15-13/h3-6,13,15H,1-2,7,9-10H2. The summed E-state index contributed by atoms with van der Waals surface area (Å²) in [6, 6.07) is 10.2. The maximum Gasteiger partial charge on any atom is 0.0991 e. The van der Waals surface area contributed by atoms with E-state index < -0.39 is 0 Å². The van der Waals surface area contributed by atoms with Gasteiger partial charge in [-0.1, -0.05) is 12.1 Å². The summed E-state index contributed by atoms with van der Waals surface area (Å²) in [5.74, 6) is 0. The molecule has 1 unspecified atom stereocenters. The van der Waals surface area contributed by atoms with Crippen molar-refractivity contribution in [2.24, 2.45) is 0 Å². The van der Waals surface area contributed by atoms with Crippen LogP contribution in [0.4, 0.5) is 0 Å². The van der Waals surface area contributed by atoms with Crippen LogP contribution in [0.2, 0.25) is 0 Å². The van der Waals surface area contributed by atoms with Crippen LogP contribution in [0.1, 0.15) is 24.0 Å². The van der Waals surface area contributed by atoms with Crippen molar-refractivity contribution >= 4 is 0 Å². The molecule has 1 aromatic carbocycles. The van der Waals surface area contributed by atoms with E-state index >= 15 is 0 Å². The van der Waals surface area contributed by atoms with Gasteiger partial charge in [0.2, 0.25) is 0 Å². The molecule has 1 saturated heterocycles. The van der Waals surface area contributed by atoms with E-state index in [1.807, 2.05) is 24.3 Å². The summed E-state index contributed by atoms with van der Waals surface area (Å²) < 4.78 is 5.63. The smallest absolute Gasteiger partial charge is 0.0991 e. The second-order valence-corrected chi connectivity index (χ2v) is 4.12. The van der Waals surface area contributed by atoms with Crippen molar-refractivity contribution in [2.45, 2.75) is 25.5 Å². The third-order valence-corrected chi connectivity index (χ3v) is 2.83. The van der Waals surface area contributed by atoms with Gasteiger partial charge in [-0.2, -0.15) is 5.26 Å². The molecule has 1 heterocycles. The Labute approximate surface area is 96.0 Å². The zero-order valence-corrected chi connectivity index (χ0v) is 9.28. The van der Waals surface area contributed by atoms with Crippen LogP contribution in [0, 0.1) is 11.3 Å². The lowest BCUT2D eigenvalue weighted by molar-refractivity contribution is 0.103. The molecule has 1 fully saturated rings. The Kier molecular flexibility index (Phi) is 3.92. The number of benzene rings is 1. The Morgan fingerprint density at radius 2 is 2.19 bits per heavy atom. The van der Waals surface area contributed by atoms with Crippen LogP contribution in [-0.2, 0) is 11.3 Å². The molecule has 0 aromatic heterocycles. The lowest BCUT2D eigenvalue weighted by atomic mass is 10.1. The summed E-state index contributed by atoms with van der Waals surface area (Å²) in [6.45, 7) is 2.52. The summed E-state index contributed by atoms with van der Waals surface area (Å²) >= 11 is 0. The number of nitrogens with zero attached hydrogens (tertiary/aromatic N) is 1. The summed E-state index contributed by atoms with van der Waals surface area (Å²) in [7, 11) is 0. The van der Waals surface area contributed by atoms with Crippen LogP contribution >= 0.6 is 0 Å². The molecule has 0 spiro atoms. The Morgan fingerprint density at radius 1 is 1.38 bits per heavy atom. The van der Waals surface area contributed by atoms with E-state index in [9.17, 15) is 0 Å². The zero-order chi connectivity index (χ0) is 11.2. The van der Waals surface area contributed by atoms with Gasteiger partial charge in [0.15, 0.2) is 0 Å². The Morgan fingerprint density at radius 3 is 2.81 bits per heavy atom. The van der Waals surface area contributed by atoms with E-state index in [4.69, 9.17) is 10.00 Å². The van der Waals surface area contributed by atoms with Gasteiger partial charge in [0, 0.05) is 6.04 Å². The molecule has 84 valence electrons. The molecule has 1 aliphatic rings. The molecule has 3 nitrogen and oxygen atoms in total. The van der Waals surface area contributed by atoms with Crippen LogP contribution in [0.15, 0.2) is 24.3 Å². The van der Waals surface area contributed by atoms with Gasteiger partial charge in [-0.3, -0.25) is 0 Å². The summed E-state index contributed by atoms with van der Waals surface area (Å²) in [5, 5.41) is 12.1. The van der Waals surface area contributed by atoms with E-state index in [1.54, 1.807) is 0 Å². The summed E-state index contributed by atoms with van der Waals surface area (Å²) in [6.07, 6.45) is 2.47. The highest BCUT2D eigenvalue weighted by molar-refractivity contribution is 5.31. The minimum Gasteiger partial charge on any atom is -0.375 e. The molecule has 0 radical (unpaired) electrons.